The Hall–Kier alpha value is -1.88. The molecular formula is C13H18N2O3. The number of nitrogens with two attached hydrogens (primary N) is 1. The molecule has 0 aliphatic carbocycles. The van der Waals surface area contributed by atoms with Gasteiger partial charge in [-0.2, -0.15) is 0 Å². The van der Waals surface area contributed by atoms with Gasteiger partial charge in [0.15, 0.2) is 0 Å². The van der Waals surface area contributed by atoms with Crippen molar-refractivity contribution < 1.29 is 14.7 Å². The van der Waals surface area contributed by atoms with E-state index in [1.54, 1.807) is 0 Å². The van der Waals surface area contributed by atoms with Gasteiger partial charge in [0.05, 0.1) is 12.5 Å². The zero-order chi connectivity index (χ0) is 13.5. The lowest BCUT2D eigenvalue weighted by Gasteiger charge is -2.18. The van der Waals surface area contributed by atoms with Crippen LogP contribution in [0.15, 0.2) is 30.3 Å². The number of carboxylic acid groups (broad SMARTS) is 1. The molecule has 5 heteroatoms. The molecule has 0 aromatic heterocycles. The Kier molecular flexibility index (Phi) is 5.32. The minimum absolute atomic E-state index is 0.111. The molecule has 0 fully saturated rings. The molecule has 0 bridgehead atoms. The number of benzene rings is 1. The zero-order valence-electron chi connectivity index (χ0n) is 10.3. The van der Waals surface area contributed by atoms with Gasteiger partial charge in [0, 0.05) is 0 Å². The molecule has 2 atom stereocenters. The molecule has 98 valence electrons. The lowest BCUT2D eigenvalue weighted by molar-refractivity contribution is -0.140. The van der Waals surface area contributed by atoms with E-state index in [0.717, 1.165) is 12.0 Å². The Morgan fingerprint density at radius 1 is 1.33 bits per heavy atom. The third-order valence-corrected chi connectivity index (χ3v) is 2.67. The van der Waals surface area contributed by atoms with Crippen molar-refractivity contribution in [2.24, 2.45) is 5.73 Å². The summed E-state index contributed by atoms with van der Waals surface area (Å²) in [7, 11) is 0. The maximum atomic E-state index is 11.6. The van der Waals surface area contributed by atoms with Gasteiger partial charge in [0.2, 0.25) is 5.91 Å². The third kappa shape index (κ3) is 4.18. The Morgan fingerprint density at radius 3 is 2.44 bits per heavy atom. The molecule has 5 nitrogen and oxygen atoms in total. The van der Waals surface area contributed by atoms with Crippen molar-refractivity contribution in [1.82, 2.24) is 5.32 Å². The Morgan fingerprint density at radius 2 is 1.94 bits per heavy atom. The van der Waals surface area contributed by atoms with Crippen LogP contribution in [0.1, 0.15) is 31.4 Å². The van der Waals surface area contributed by atoms with Crippen LogP contribution in [0.4, 0.5) is 0 Å². The van der Waals surface area contributed by atoms with E-state index in [-0.39, 0.29) is 18.4 Å². The first kappa shape index (κ1) is 14.2. The van der Waals surface area contributed by atoms with Crippen LogP contribution in [0.2, 0.25) is 0 Å². The second kappa shape index (κ2) is 6.76. The minimum atomic E-state index is -1.17. The van der Waals surface area contributed by atoms with Crippen LogP contribution in [0, 0.1) is 0 Å². The average molecular weight is 250 g/mol. The Labute approximate surface area is 106 Å². The molecular weight excluding hydrogens is 232 g/mol. The van der Waals surface area contributed by atoms with Gasteiger partial charge in [-0.15, -0.1) is 0 Å². The highest BCUT2D eigenvalue weighted by Crippen LogP contribution is 2.15. The van der Waals surface area contributed by atoms with E-state index in [9.17, 15) is 9.59 Å². The molecule has 1 amide bonds. The molecule has 0 spiro atoms. The molecule has 0 saturated carbocycles. The number of nitrogens with one attached hydrogen (secondary N) is 1. The summed E-state index contributed by atoms with van der Waals surface area (Å²) < 4.78 is 0. The smallest absolute Gasteiger partial charge is 0.321 e. The predicted molar refractivity (Wildman–Crippen MR) is 67.8 cm³/mol. The van der Waals surface area contributed by atoms with Crippen molar-refractivity contribution in [2.75, 3.05) is 0 Å². The monoisotopic (exact) mass is 250 g/mol. The van der Waals surface area contributed by atoms with Gasteiger partial charge >= 0.3 is 5.97 Å². The fourth-order valence-corrected chi connectivity index (χ4v) is 1.65. The molecule has 18 heavy (non-hydrogen) atoms. The summed E-state index contributed by atoms with van der Waals surface area (Å²) in [6.45, 7) is 1.95. The van der Waals surface area contributed by atoms with Crippen molar-refractivity contribution in [3.63, 3.8) is 0 Å². The first-order chi connectivity index (χ1) is 8.54. The summed E-state index contributed by atoms with van der Waals surface area (Å²) in [5, 5.41) is 11.4. The van der Waals surface area contributed by atoms with E-state index in [0.29, 0.717) is 0 Å². The highest BCUT2D eigenvalue weighted by atomic mass is 16.4. The lowest BCUT2D eigenvalue weighted by Crippen LogP contribution is -2.38. The maximum absolute atomic E-state index is 11.6. The number of hydrogen-bond donors (Lipinski definition) is 3. The van der Waals surface area contributed by atoms with E-state index in [4.69, 9.17) is 10.8 Å². The molecule has 0 aliphatic heterocycles. The summed E-state index contributed by atoms with van der Waals surface area (Å²) in [5.41, 5.74) is 6.31. The highest BCUT2D eigenvalue weighted by molar-refractivity contribution is 5.84. The number of amides is 1. The summed E-state index contributed by atoms with van der Waals surface area (Å²) in [5.74, 6) is -1.52. The molecule has 0 radical (unpaired) electrons. The third-order valence-electron chi connectivity index (χ3n) is 2.67. The van der Waals surface area contributed by atoms with Crippen LogP contribution in [0.25, 0.3) is 0 Å². The Bertz CT molecular complexity index is 406. The van der Waals surface area contributed by atoms with Gasteiger partial charge in [-0.05, 0) is 12.0 Å². The fraction of sp³-hybridized carbons (Fsp3) is 0.385. The van der Waals surface area contributed by atoms with Gasteiger partial charge in [-0.1, -0.05) is 37.3 Å². The minimum Gasteiger partial charge on any atom is -0.480 e. The van der Waals surface area contributed by atoms with Crippen molar-refractivity contribution in [3.8, 4) is 0 Å². The topological polar surface area (TPSA) is 92.4 Å². The van der Waals surface area contributed by atoms with Crippen molar-refractivity contribution in [3.05, 3.63) is 35.9 Å². The molecule has 0 heterocycles. The SMILES string of the molecule is CCC(NC(=O)C[C@H](N)C(=O)O)c1ccccc1. The largest absolute Gasteiger partial charge is 0.480 e. The second-order valence-electron chi connectivity index (χ2n) is 4.09. The summed E-state index contributed by atoms with van der Waals surface area (Å²) in [6, 6.07) is 8.27. The quantitative estimate of drug-likeness (QED) is 0.703. The van der Waals surface area contributed by atoms with E-state index >= 15 is 0 Å². The lowest BCUT2D eigenvalue weighted by atomic mass is 10.0. The van der Waals surface area contributed by atoms with Crippen LogP contribution in [0.3, 0.4) is 0 Å². The molecule has 0 aliphatic rings. The highest BCUT2D eigenvalue weighted by Gasteiger charge is 2.18. The standard InChI is InChI=1S/C13H18N2O3/c1-2-11(9-6-4-3-5-7-9)15-12(16)8-10(14)13(17)18/h3-7,10-11H,2,8,14H2,1H3,(H,15,16)(H,17,18)/t10-,11?/m0/s1. The maximum Gasteiger partial charge on any atom is 0.321 e. The number of rotatable bonds is 6. The van der Waals surface area contributed by atoms with Crippen molar-refractivity contribution >= 4 is 11.9 Å². The first-order valence-corrected chi connectivity index (χ1v) is 5.87. The fourth-order valence-electron chi connectivity index (χ4n) is 1.65. The molecule has 1 unspecified atom stereocenters. The van der Waals surface area contributed by atoms with E-state index < -0.39 is 12.0 Å². The van der Waals surface area contributed by atoms with E-state index in [1.807, 2.05) is 37.3 Å². The molecule has 1 aromatic carbocycles. The number of aliphatic carboxylic acids is 1. The first-order valence-electron chi connectivity index (χ1n) is 5.87. The Balaban J connectivity index is 2.59. The predicted octanol–water partition coefficient (Wildman–Crippen LogP) is 1.06. The van der Waals surface area contributed by atoms with Gasteiger partial charge in [-0.3, -0.25) is 9.59 Å². The van der Waals surface area contributed by atoms with Gasteiger partial charge in [0.25, 0.3) is 0 Å². The van der Waals surface area contributed by atoms with Crippen molar-refractivity contribution in [2.45, 2.75) is 31.8 Å². The molecule has 1 aromatic rings. The van der Waals surface area contributed by atoms with Gasteiger partial charge in [0.1, 0.15) is 6.04 Å². The van der Waals surface area contributed by atoms with Gasteiger partial charge in [-0.25, -0.2) is 0 Å². The van der Waals surface area contributed by atoms with Crippen LogP contribution in [0.5, 0.6) is 0 Å². The summed E-state index contributed by atoms with van der Waals surface area (Å²) in [4.78, 5) is 22.2. The van der Waals surface area contributed by atoms with Crippen molar-refractivity contribution in [1.29, 1.82) is 0 Å². The van der Waals surface area contributed by atoms with Gasteiger partial charge < -0.3 is 16.2 Å². The number of carboxylic acids is 1. The zero-order valence-corrected chi connectivity index (χ0v) is 10.3. The second-order valence-corrected chi connectivity index (χ2v) is 4.09. The van der Waals surface area contributed by atoms with Crippen LogP contribution in [-0.4, -0.2) is 23.0 Å². The molecule has 4 N–H and O–H groups in total. The normalized spacial score (nSPS) is 13.7. The summed E-state index contributed by atoms with van der Waals surface area (Å²) in [6.07, 6.45) is 0.525. The number of carbonyl (C=O) groups is 2. The van der Waals surface area contributed by atoms with Crippen LogP contribution in [-0.2, 0) is 9.59 Å². The summed E-state index contributed by atoms with van der Waals surface area (Å²) >= 11 is 0. The van der Waals surface area contributed by atoms with E-state index in [1.165, 1.54) is 0 Å². The number of carbonyl (C=O) groups excluding carboxylic acids is 1. The van der Waals surface area contributed by atoms with Crippen LogP contribution >= 0.6 is 0 Å². The number of hydrogen-bond acceptors (Lipinski definition) is 3. The average Bonchev–Trinajstić information content (AvgIpc) is 2.36. The molecule has 1 rings (SSSR count). The molecule has 0 saturated heterocycles. The van der Waals surface area contributed by atoms with E-state index in [2.05, 4.69) is 5.32 Å². The van der Waals surface area contributed by atoms with Crippen LogP contribution < -0.4 is 11.1 Å².